The number of carbonyl (C=O) groups is 1. The summed E-state index contributed by atoms with van der Waals surface area (Å²) in [6.45, 7) is 2.77. The number of aliphatic carboxylic acids is 1. The molecule has 2 rings (SSSR count). The Balaban J connectivity index is 1.58. The Morgan fingerprint density at radius 3 is 2.69 bits per heavy atom. The third kappa shape index (κ3) is 9.95. The van der Waals surface area contributed by atoms with Crippen LogP contribution >= 0.6 is 0 Å². The molecule has 2 aliphatic rings. The van der Waals surface area contributed by atoms with Crippen LogP contribution in [-0.4, -0.2) is 30.1 Å². The van der Waals surface area contributed by atoms with E-state index in [9.17, 15) is 9.90 Å². The summed E-state index contributed by atoms with van der Waals surface area (Å²) in [5.74, 6) is 0.730. The summed E-state index contributed by atoms with van der Waals surface area (Å²) >= 11 is 0. The fraction of sp³-hybridized carbons (Fsp3) is 0.800. The number of hydrogen-bond donors (Lipinski definition) is 1. The van der Waals surface area contributed by atoms with E-state index in [1.165, 1.54) is 51.4 Å². The van der Waals surface area contributed by atoms with E-state index in [0.717, 1.165) is 43.9 Å². The van der Waals surface area contributed by atoms with Gasteiger partial charge in [-0.2, -0.15) is 0 Å². The Kier molecular flexibility index (Phi) is 12.3. The zero-order valence-electron chi connectivity index (χ0n) is 18.4. The molecule has 0 bridgehead atoms. The van der Waals surface area contributed by atoms with Crippen LogP contribution in [0, 0.1) is 11.8 Å². The lowest BCUT2D eigenvalue weighted by Crippen LogP contribution is -2.32. The zero-order valence-corrected chi connectivity index (χ0v) is 18.4. The molecule has 0 radical (unpaired) electrons. The lowest BCUT2D eigenvalue weighted by Gasteiger charge is -2.26. The molecule has 4 nitrogen and oxygen atoms in total. The molecule has 0 spiro atoms. The van der Waals surface area contributed by atoms with E-state index in [0.29, 0.717) is 13.0 Å². The number of unbranched alkanes of at least 4 members (excludes halogenated alkanes) is 4. The number of rotatable bonds is 14. The minimum Gasteiger partial charge on any atom is -0.479 e. The third-order valence-corrected chi connectivity index (χ3v) is 6.35. The molecule has 2 fully saturated rings. The minimum absolute atomic E-state index is 0.325. The quantitative estimate of drug-likeness (QED) is 0.259. The van der Waals surface area contributed by atoms with Crippen LogP contribution in [0.2, 0.25) is 0 Å². The first kappa shape index (κ1) is 24.1. The molecule has 1 N–H and O–H groups in total. The molecule has 166 valence electrons. The van der Waals surface area contributed by atoms with Gasteiger partial charge in [0.05, 0.1) is 0 Å². The highest BCUT2D eigenvalue weighted by atomic mass is 16.7. The number of carboxylic acid groups (broad SMARTS) is 1. The normalized spacial score (nSPS) is 26.4. The van der Waals surface area contributed by atoms with Crippen molar-refractivity contribution in [2.24, 2.45) is 11.8 Å². The van der Waals surface area contributed by atoms with Gasteiger partial charge in [0.2, 0.25) is 0 Å². The average molecular weight is 407 g/mol. The van der Waals surface area contributed by atoms with Gasteiger partial charge in [-0.25, -0.2) is 4.79 Å². The Morgan fingerprint density at radius 2 is 1.93 bits per heavy atom. The van der Waals surface area contributed by atoms with Crippen molar-refractivity contribution in [1.82, 2.24) is 0 Å². The first-order valence-electron chi connectivity index (χ1n) is 12.0. The molecule has 0 aromatic heterocycles. The first-order valence-corrected chi connectivity index (χ1v) is 12.0. The molecule has 1 heterocycles. The maximum Gasteiger partial charge on any atom is 0.332 e. The van der Waals surface area contributed by atoms with Crippen molar-refractivity contribution in [2.45, 2.75) is 109 Å². The summed E-state index contributed by atoms with van der Waals surface area (Å²) in [7, 11) is 0. The Bertz CT molecular complexity index is 493. The molecule has 0 aromatic rings. The minimum atomic E-state index is -0.852. The van der Waals surface area contributed by atoms with Crippen molar-refractivity contribution < 1.29 is 19.4 Å². The maximum absolute atomic E-state index is 11.5. The largest absolute Gasteiger partial charge is 0.479 e. The molecule has 1 saturated heterocycles. The van der Waals surface area contributed by atoms with Gasteiger partial charge in [-0.1, -0.05) is 50.0 Å². The lowest BCUT2D eigenvalue weighted by molar-refractivity contribution is -0.201. The van der Waals surface area contributed by atoms with E-state index >= 15 is 0 Å². The van der Waals surface area contributed by atoms with Gasteiger partial charge in [0, 0.05) is 6.61 Å². The Morgan fingerprint density at radius 1 is 1.07 bits per heavy atom. The second kappa shape index (κ2) is 14.8. The predicted octanol–water partition coefficient (Wildman–Crippen LogP) is 6.65. The molecular weight excluding hydrogens is 364 g/mol. The Hall–Kier alpha value is -1.13. The monoisotopic (exact) mass is 406 g/mol. The molecule has 2 unspecified atom stereocenters. The molecule has 4 heteroatoms. The first-order chi connectivity index (χ1) is 14.2. The topological polar surface area (TPSA) is 55.8 Å². The SMILES string of the molecule is CC=CCCCC=C[C@H]1CCC[C@@H]1CCCCCC(OC1CCCCO1)C(=O)O. The molecule has 1 aliphatic heterocycles. The molecule has 4 atom stereocenters. The highest BCUT2D eigenvalue weighted by Crippen LogP contribution is 2.36. The summed E-state index contributed by atoms with van der Waals surface area (Å²) in [5, 5.41) is 9.43. The second-order valence-corrected chi connectivity index (χ2v) is 8.68. The van der Waals surface area contributed by atoms with E-state index in [2.05, 4.69) is 31.2 Å². The number of hydrogen-bond acceptors (Lipinski definition) is 3. The molecule has 1 aliphatic carbocycles. The Labute approximate surface area is 177 Å². The molecular formula is C25H42O4. The van der Waals surface area contributed by atoms with Gasteiger partial charge in [0.25, 0.3) is 0 Å². The van der Waals surface area contributed by atoms with Crippen LogP contribution in [0.5, 0.6) is 0 Å². The van der Waals surface area contributed by atoms with E-state index in [1.54, 1.807) is 0 Å². The summed E-state index contributed by atoms with van der Waals surface area (Å²) in [6.07, 6.45) is 23.9. The standard InChI is InChI=1S/C25H42O4/c1-2-3-4-5-6-8-14-21-16-13-17-22(21)15-9-7-10-18-23(25(26)27)29-24-19-11-12-20-28-24/h2-3,8,14,21-24H,4-7,9-13,15-20H2,1H3,(H,26,27)/t21-,22-,23?,24?/m0/s1. The lowest BCUT2D eigenvalue weighted by atomic mass is 9.90. The third-order valence-electron chi connectivity index (χ3n) is 6.35. The van der Waals surface area contributed by atoms with Crippen LogP contribution in [0.15, 0.2) is 24.3 Å². The van der Waals surface area contributed by atoms with E-state index in [1.807, 2.05) is 0 Å². The average Bonchev–Trinajstić information content (AvgIpc) is 3.17. The highest BCUT2D eigenvalue weighted by molar-refractivity contribution is 5.72. The van der Waals surface area contributed by atoms with Crippen molar-refractivity contribution in [2.75, 3.05) is 6.61 Å². The smallest absolute Gasteiger partial charge is 0.332 e. The van der Waals surface area contributed by atoms with Gasteiger partial charge >= 0.3 is 5.97 Å². The van der Waals surface area contributed by atoms with Gasteiger partial charge in [-0.3, -0.25) is 0 Å². The van der Waals surface area contributed by atoms with E-state index in [-0.39, 0.29) is 6.29 Å². The van der Waals surface area contributed by atoms with Crippen LogP contribution in [0.4, 0.5) is 0 Å². The van der Waals surface area contributed by atoms with Crippen LogP contribution in [0.25, 0.3) is 0 Å². The molecule has 0 amide bonds. The molecule has 29 heavy (non-hydrogen) atoms. The number of carboxylic acids is 1. The van der Waals surface area contributed by atoms with Crippen LogP contribution < -0.4 is 0 Å². The summed E-state index contributed by atoms with van der Waals surface area (Å²) in [5.41, 5.74) is 0. The van der Waals surface area contributed by atoms with Crippen molar-refractivity contribution in [3.05, 3.63) is 24.3 Å². The van der Waals surface area contributed by atoms with Gasteiger partial charge in [0.1, 0.15) is 0 Å². The molecule has 1 saturated carbocycles. The van der Waals surface area contributed by atoms with E-state index < -0.39 is 12.1 Å². The number of allylic oxidation sites excluding steroid dienone is 4. The fourth-order valence-corrected chi connectivity index (χ4v) is 4.63. The van der Waals surface area contributed by atoms with Gasteiger partial charge < -0.3 is 14.6 Å². The maximum atomic E-state index is 11.5. The van der Waals surface area contributed by atoms with Crippen molar-refractivity contribution in [3.63, 3.8) is 0 Å². The predicted molar refractivity (Wildman–Crippen MR) is 118 cm³/mol. The van der Waals surface area contributed by atoms with Gasteiger partial charge in [-0.05, 0) is 83.0 Å². The van der Waals surface area contributed by atoms with Crippen molar-refractivity contribution in [3.8, 4) is 0 Å². The van der Waals surface area contributed by atoms with Gasteiger partial charge in [0.15, 0.2) is 12.4 Å². The van der Waals surface area contributed by atoms with Crippen LogP contribution in [0.1, 0.15) is 96.8 Å². The number of ether oxygens (including phenoxy) is 2. The van der Waals surface area contributed by atoms with Gasteiger partial charge in [-0.15, -0.1) is 0 Å². The summed E-state index contributed by atoms with van der Waals surface area (Å²) < 4.78 is 11.2. The van der Waals surface area contributed by atoms with Crippen molar-refractivity contribution >= 4 is 5.97 Å². The van der Waals surface area contributed by atoms with Crippen LogP contribution in [-0.2, 0) is 14.3 Å². The van der Waals surface area contributed by atoms with E-state index in [4.69, 9.17) is 9.47 Å². The highest BCUT2D eigenvalue weighted by Gasteiger charge is 2.26. The van der Waals surface area contributed by atoms with Crippen LogP contribution in [0.3, 0.4) is 0 Å². The fourth-order valence-electron chi connectivity index (χ4n) is 4.63. The summed E-state index contributed by atoms with van der Waals surface area (Å²) in [6, 6.07) is 0. The second-order valence-electron chi connectivity index (χ2n) is 8.68. The summed E-state index contributed by atoms with van der Waals surface area (Å²) in [4.78, 5) is 11.5. The van der Waals surface area contributed by atoms with Crippen molar-refractivity contribution in [1.29, 1.82) is 0 Å². The molecule has 0 aromatic carbocycles. The zero-order chi connectivity index (χ0) is 20.7.